The molecule has 2 nitrogen and oxygen atoms in total. The Morgan fingerprint density at radius 1 is 0.451 bits per heavy atom. The van der Waals surface area contributed by atoms with E-state index < -0.39 is 0 Å². The highest BCUT2D eigenvalue weighted by Gasteiger charge is 2.12. The summed E-state index contributed by atoms with van der Waals surface area (Å²) < 4.78 is 0. The van der Waals surface area contributed by atoms with E-state index in [-0.39, 0.29) is 0 Å². The topological polar surface area (TPSA) is 25.8 Å². The summed E-state index contributed by atoms with van der Waals surface area (Å²) in [4.78, 5) is 8.74. The van der Waals surface area contributed by atoms with E-state index in [2.05, 4.69) is 175 Å². The van der Waals surface area contributed by atoms with E-state index in [4.69, 9.17) is 0 Å². The molecule has 0 aliphatic heterocycles. The van der Waals surface area contributed by atoms with E-state index in [9.17, 15) is 0 Å². The van der Waals surface area contributed by atoms with Gasteiger partial charge in [-0.25, -0.2) is 0 Å². The van der Waals surface area contributed by atoms with Crippen LogP contribution in [0.3, 0.4) is 0 Å². The molecule has 0 bridgehead atoms. The Kier molecular flexibility index (Phi) is 8.72. The standard InChI is InChI=1S/C49H36N2/c1-3-36-32-48(47-16-9-8-15-46(47)45(36)4-2)40-21-17-38(18-22-40)43-29-35(27-34-11-10-14-42(28-34)37-12-6-5-7-13-37)30-44(31-43)39-19-23-41(24-20-39)49-33-50-25-26-51-49/h3-26,28-33H,1-2,27H2. The molecule has 7 aromatic carbocycles. The highest BCUT2D eigenvalue weighted by Crippen LogP contribution is 2.37. The quantitative estimate of drug-likeness (QED) is 0.155. The van der Waals surface area contributed by atoms with Crippen LogP contribution in [0.4, 0.5) is 0 Å². The molecule has 0 spiro atoms. The molecule has 0 amide bonds. The molecule has 0 N–H and O–H groups in total. The Morgan fingerprint density at radius 3 is 1.73 bits per heavy atom. The minimum Gasteiger partial charge on any atom is -0.261 e. The maximum absolute atomic E-state index is 4.49. The zero-order valence-electron chi connectivity index (χ0n) is 28.3. The van der Waals surface area contributed by atoms with Crippen molar-refractivity contribution in [1.29, 1.82) is 0 Å². The average Bonchev–Trinajstić information content (AvgIpc) is 3.21. The SMILES string of the molecule is C=Cc1cc(-c2ccc(-c3cc(Cc4cccc(-c5ccccc5)c4)cc(-c4ccc(-c5cnccn5)cc4)c3)cc2)c2ccccc2c1C=C. The maximum Gasteiger partial charge on any atom is 0.0885 e. The summed E-state index contributed by atoms with van der Waals surface area (Å²) in [5.74, 6) is 0. The minimum absolute atomic E-state index is 0.823. The van der Waals surface area contributed by atoms with Crippen molar-refractivity contribution in [3.63, 3.8) is 0 Å². The van der Waals surface area contributed by atoms with Crippen LogP contribution >= 0.6 is 0 Å². The molecule has 242 valence electrons. The normalized spacial score (nSPS) is 11.0. The Morgan fingerprint density at radius 2 is 1.06 bits per heavy atom. The third-order valence-corrected chi connectivity index (χ3v) is 9.58. The molecule has 1 heterocycles. The predicted octanol–water partition coefficient (Wildman–Crippen LogP) is 12.8. The first-order valence-electron chi connectivity index (χ1n) is 17.2. The lowest BCUT2D eigenvalue weighted by atomic mass is 9.89. The minimum atomic E-state index is 0.823. The first kappa shape index (κ1) is 31.6. The lowest BCUT2D eigenvalue weighted by Crippen LogP contribution is -1.93. The largest absolute Gasteiger partial charge is 0.261 e. The fraction of sp³-hybridized carbons (Fsp3) is 0.0204. The second-order valence-electron chi connectivity index (χ2n) is 12.8. The van der Waals surface area contributed by atoms with E-state index >= 15 is 0 Å². The molecule has 2 heteroatoms. The summed E-state index contributed by atoms with van der Waals surface area (Å²) in [5, 5.41) is 2.39. The molecule has 0 saturated heterocycles. The number of benzene rings is 7. The Hall–Kier alpha value is -6.64. The second-order valence-corrected chi connectivity index (χ2v) is 12.8. The summed E-state index contributed by atoms with van der Waals surface area (Å²) in [5.41, 5.74) is 16.2. The van der Waals surface area contributed by atoms with Gasteiger partial charge in [0.2, 0.25) is 0 Å². The van der Waals surface area contributed by atoms with Gasteiger partial charge >= 0.3 is 0 Å². The van der Waals surface area contributed by atoms with E-state index in [0.29, 0.717) is 0 Å². The monoisotopic (exact) mass is 652 g/mol. The van der Waals surface area contributed by atoms with E-state index in [1.165, 1.54) is 60.8 Å². The van der Waals surface area contributed by atoms with Gasteiger partial charge in [0, 0.05) is 18.0 Å². The molecule has 0 atom stereocenters. The molecule has 51 heavy (non-hydrogen) atoms. The van der Waals surface area contributed by atoms with Crippen LogP contribution in [0.5, 0.6) is 0 Å². The van der Waals surface area contributed by atoms with Gasteiger partial charge in [0.05, 0.1) is 11.9 Å². The van der Waals surface area contributed by atoms with Gasteiger partial charge in [-0.2, -0.15) is 0 Å². The van der Waals surface area contributed by atoms with E-state index in [1.54, 1.807) is 18.6 Å². The molecule has 1 aromatic heterocycles. The molecule has 0 aliphatic carbocycles. The number of fused-ring (bicyclic) bond motifs is 1. The van der Waals surface area contributed by atoms with Gasteiger partial charge in [-0.3, -0.25) is 9.97 Å². The number of nitrogens with zero attached hydrogens (tertiary/aromatic N) is 2. The van der Waals surface area contributed by atoms with Gasteiger partial charge in [-0.15, -0.1) is 0 Å². The van der Waals surface area contributed by atoms with Crippen molar-refractivity contribution in [3.8, 4) is 55.8 Å². The third kappa shape index (κ3) is 6.56. The fourth-order valence-electron chi connectivity index (χ4n) is 7.03. The van der Waals surface area contributed by atoms with Crippen LogP contribution in [-0.2, 0) is 6.42 Å². The fourth-order valence-corrected chi connectivity index (χ4v) is 7.03. The van der Waals surface area contributed by atoms with Crippen molar-refractivity contribution in [2.75, 3.05) is 0 Å². The van der Waals surface area contributed by atoms with Gasteiger partial charge in [0.1, 0.15) is 0 Å². The molecule has 0 fully saturated rings. The molecule has 0 saturated carbocycles. The molecule has 0 unspecified atom stereocenters. The highest BCUT2D eigenvalue weighted by atomic mass is 14.8. The van der Waals surface area contributed by atoms with Crippen LogP contribution in [0.1, 0.15) is 22.3 Å². The summed E-state index contributed by atoms with van der Waals surface area (Å²) in [6.45, 7) is 8.18. The third-order valence-electron chi connectivity index (χ3n) is 9.58. The van der Waals surface area contributed by atoms with Crippen LogP contribution < -0.4 is 0 Å². The van der Waals surface area contributed by atoms with E-state index in [0.717, 1.165) is 34.4 Å². The molecule has 0 aliphatic rings. The summed E-state index contributed by atoms with van der Waals surface area (Å²) in [7, 11) is 0. The number of hydrogen-bond acceptors (Lipinski definition) is 2. The predicted molar refractivity (Wildman–Crippen MR) is 216 cm³/mol. The Labute approximate surface area is 299 Å². The molecule has 8 aromatic rings. The van der Waals surface area contributed by atoms with E-state index in [1.807, 2.05) is 12.2 Å². The summed E-state index contributed by atoms with van der Waals surface area (Å²) in [6.07, 6.45) is 9.90. The first-order chi connectivity index (χ1) is 25.2. The lowest BCUT2D eigenvalue weighted by Gasteiger charge is -2.15. The van der Waals surface area contributed by atoms with Crippen LogP contribution in [0.2, 0.25) is 0 Å². The van der Waals surface area contributed by atoms with Crippen molar-refractivity contribution in [3.05, 3.63) is 206 Å². The van der Waals surface area contributed by atoms with Crippen LogP contribution in [0.25, 0.3) is 78.7 Å². The van der Waals surface area contributed by atoms with Gasteiger partial charge in [0.25, 0.3) is 0 Å². The van der Waals surface area contributed by atoms with Crippen molar-refractivity contribution in [2.45, 2.75) is 6.42 Å². The van der Waals surface area contributed by atoms with Gasteiger partial charge < -0.3 is 0 Å². The average molecular weight is 653 g/mol. The second kappa shape index (κ2) is 14.1. The van der Waals surface area contributed by atoms with Crippen LogP contribution in [0.15, 0.2) is 183 Å². The maximum atomic E-state index is 4.49. The molecule has 0 radical (unpaired) electrons. The Bertz CT molecular complexity index is 2500. The number of aromatic nitrogens is 2. The lowest BCUT2D eigenvalue weighted by molar-refractivity contribution is 1.19. The van der Waals surface area contributed by atoms with Crippen molar-refractivity contribution in [2.24, 2.45) is 0 Å². The smallest absolute Gasteiger partial charge is 0.0885 e. The zero-order valence-corrected chi connectivity index (χ0v) is 28.3. The zero-order chi connectivity index (χ0) is 34.6. The number of hydrogen-bond donors (Lipinski definition) is 0. The number of rotatable bonds is 9. The van der Waals surface area contributed by atoms with Gasteiger partial charge in [-0.05, 0) is 96.1 Å². The molecule has 8 rings (SSSR count). The van der Waals surface area contributed by atoms with Gasteiger partial charge in [0.15, 0.2) is 0 Å². The van der Waals surface area contributed by atoms with Gasteiger partial charge in [-0.1, -0.05) is 165 Å². The van der Waals surface area contributed by atoms with Crippen LogP contribution in [0, 0.1) is 0 Å². The Balaban J connectivity index is 1.19. The molecular weight excluding hydrogens is 617 g/mol. The summed E-state index contributed by atoms with van der Waals surface area (Å²) >= 11 is 0. The van der Waals surface area contributed by atoms with Crippen molar-refractivity contribution in [1.82, 2.24) is 9.97 Å². The van der Waals surface area contributed by atoms with Crippen molar-refractivity contribution >= 4 is 22.9 Å². The van der Waals surface area contributed by atoms with Crippen molar-refractivity contribution < 1.29 is 0 Å². The first-order valence-corrected chi connectivity index (χ1v) is 17.2. The molecular formula is C49H36N2. The summed E-state index contributed by atoms with van der Waals surface area (Å²) in [6, 6.07) is 54.8. The highest BCUT2D eigenvalue weighted by molar-refractivity contribution is 6.03. The van der Waals surface area contributed by atoms with Crippen LogP contribution in [-0.4, -0.2) is 9.97 Å².